The molecular formula is C12H16N4S2. The molecule has 0 aromatic carbocycles. The highest BCUT2D eigenvalue weighted by molar-refractivity contribution is 7.99. The molecule has 0 bridgehead atoms. The first-order valence-corrected chi connectivity index (χ1v) is 8.17. The second kappa shape index (κ2) is 5.32. The lowest BCUT2D eigenvalue weighted by Crippen LogP contribution is -2.26. The van der Waals surface area contributed by atoms with Crippen molar-refractivity contribution >= 4 is 45.1 Å². The summed E-state index contributed by atoms with van der Waals surface area (Å²) >= 11 is 3.71. The minimum atomic E-state index is 0.719. The normalized spacial score (nSPS) is 16.8. The molecule has 0 aliphatic carbocycles. The van der Waals surface area contributed by atoms with Crippen LogP contribution in [0.25, 0.3) is 10.2 Å². The van der Waals surface area contributed by atoms with Crippen molar-refractivity contribution in [2.45, 2.75) is 6.42 Å². The summed E-state index contributed by atoms with van der Waals surface area (Å²) in [5.41, 5.74) is 0. The fraction of sp³-hybridized carbons (Fsp3) is 0.500. The molecular weight excluding hydrogens is 264 g/mol. The molecule has 4 nitrogen and oxygen atoms in total. The van der Waals surface area contributed by atoms with E-state index in [1.807, 2.05) is 18.8 Å². The van der Waals surface area contributed by atoms with Gasteiger partial charge in [-0.1, -0.05) is 0 Å². The van der Waals surface area contributed by atoms with Crippen molar-refractivity contribution < 1.29 is 0 Å². The Labute approximate surface area is 115 Å². The Morgan fingerprint density at radius 1 is 1.28 bits per heavy atom. The zero-order valence-corrected chi connectivity index (χ0v) is 12.0. The summed E-state index contributed by atoms with van der Waals surface area (Å²) in [6.45, 7) is 2.17. The highest BCUT2D eigenvalue weighted by atomic mass is 32.2. The van der Waals surface area contributed by atoms with Crippen molar-refractivity contribution in [3.8, 4) is 0 Å². The standard InChI is InChI=1S/C12H16N4S2/c1-13-12-14-10(9-3-7-18-11(9)15-12)16-4-2-6-17-8-5-16/h3,7H,2,4-6,8H2,1H3,(H,13,14,15). The molecule has 6 heteroatoms. The topological polar surface area (TPSA) is 41.1 Å². The van der Waals surface area contributed by atoms with Crippen LogP contribution in [0, 0.1) is 0 Å². The molecule has 0 unspecified atom stereocenters. The fourth-order valence-corrected chi connectivity index (χ4v) is 3.80. The van der Waals surface area contributed by atoms with E-state index in [-0.39, 0.29) is 0 Å². The third-order valence-electron chi connectivity index (χ3n) is 3.05. The van der Waals surface area contributed by atoms with Gasteiger partial charge in [0, 0.05) is 25.9 Å². The van der Waals surface area contributed by atoms with Crippen molar-refractivity contribution in [2.24, 2.45) is 0 Å². The van der Waals surface area contributed by atoms with E-state index in [0.29, 0.717) is 0 Å². The van der Waals surface area contributed by atoms with Crippen LogP contribution in [-0.4, -0.2) is 41.6 Å². The minimum absolute atomic E-state index is 0.719. The summed E-state index contributed by atoms with van der Waals surface area (Å²) in [5, 5.41) is 6.33. The number of rotatable bonds is 2. The van der Waals surface area contributed by atoms with Gasteiger partial charge in [0.25, 0.3) is 0 Å². The van der Waals surface area contributed by atoms with Crippen molar-refractivity contribution in [1.29, 1.82) is 0 Å². The number of thiophene rings is 1. The molecule has 3 heterocycles. The van der Waals surface area contributed by atoms with Crippen molar-refractivity contribution in [2.75, 3.05) is 41.9 Å². The second-order valence-electron chi connectivity index (χ2n) is 4.21. The van der Waals surface area contributed by atoms with Gasteiger partial charge in [-0.3, -0.25) is 0 Å². The van der Waals surface area contributed by atoms with Crippen LogP contribution in [0.15, 0.2) is 11.4 Å². The maximum atomic E-state index is 4.66. The van der Waals surface area contributed by atoms with E-state index in [4.69, 9.17) is 0 Å². The number of aromatic nitrogens is 2. The number of nitrogens with one attached hydrogen (secondary N) is 1. The third kappa shape index (κ3) is 2.27. The van der Waals surface area contributed by atoms with E-state index >= 15 is 0 Å². The predicted octanol–water partition coefficient (Wildman–Crippen LogP) is 2.68. The molecule has 1 saturated heterocycles. The number of hydrogen-bond acceptors (Lipinski definition) is 6. The van der Waals surface area contributed by atoms with Crippen LogP contribution < -0.4 is 10.2 Å². The highest BCUT2D eigenvalue weighted by Crippen LogP contribution is 2.30. The lowest BCUT2D eigenvalue weighted by molar-refractivity contribution is 0.805. The summed E-state index contributed by atoms with van der Waals surface area (Å²) in [5.74, 6) is 4.25. The van der Waals surface area contributed by atoms with E-state index in [1.54, 1.807) is 11.3 Å². The molecule has 0 atom stereocenters. The largest absolute Gasteiger partial charge is 0.357 e. The Hall–Kier alpha value is -1.01. The Morgan fingerprint density at radius 2 is 2.22 bits per heavy atom. The van der Waals surface area contributed by atoms with Gasteiger partial charge in [-0.15, -0.1) is 11.3 Å². The molecule has 1 fully saturated rings. The Bertz CT molecular complexity index is 532. The van der Waals surface area contributed by atoms with Gasteiger partial charge in [0.2, 0.25) is 5.95 Å². The first kappa shape index (κ1) is 12.0. The smallest absolute Gasteiger partial charge is 0.225 e. The van der Waals surface area contributed by atoms with E-state index in [2.05, 4.69) is 31.6 Å². The highest BCUT2D eigenvalue weighted by Gasteiger charge is 2.16. The van der Waals surface area contributed by atoms with Gasteiger partial charge in [0.05, 0.1) is 5.39 Å². The molecule has 1 aliphatic rings. The molecule has 18 heavy (non-hydrogen) atoms. The fourth-order valence-electron chi connectivity index (χ4n) is 2.15. The Kier molecular flexibility index (Phi) is 3.56. The summed E-state index contributed by atoms with van der Waals surface area (Å²) < 4.78 is 0. The van der Waals surface area contributed by atoms with Crippen LogP contribution in [0.1, 0.15) is 6.42 Å². The van der Waals surface area contributed by atoms with E-state index < -0.39 is 0 Å². The first-order chi connectivity index (χ1) is 8.88. The molecule has 2 aromatic rings. The van der Waals surface area contributed by atoms with Gasteiger partial charge in [-0.2, -0.15) is 16.7 Å². The van der Waals surface area contributed by atoms with Crippen LogP contribution >= 0.6 is 23.1 Å². The van der Waals surface area contributed by atoms with Gasteiger partial charge < -0.3 is 10.2 Å². The molecule has 96 valence electrons. The van der Waals surface area contributed by atoms with Crippen LogP contribution in [0.3, 0.4) is 0 Å². The quantitative estimate of drug-likeness (QED) is 0.916. The van der Waals surface area contributed by atoms with E-state index in [0.717, 1.165) is 29.7 Å². The van der Waals surface area contributed by atoms with Crippen LogP contribution in [0.2, 0.25) is 0 Å². The molecule has 0 radical (unpaired) electrons. The number of anilines is 2. The number of nitrogens with zero attached hydrogens (tertiary/aromatic N) is 3. The zero-order chi connectivity index (χ0) is 12.4. The Balaban J connectivity index is 2.04. The van der Waals surface area contributed by atoms with E-state index in [9.17, 15) is 0 Å². The molecule has 3 rings (SSSR count). The predicted molar refractivity (Wildman–Crippen MR) is 81.1 cm³/mol. The van der Waals surface area contributed by atoms with Gasteiger partial charge >= 0.3 is 0 Å². The summed E-state index contributed by atoms with van der Waals surface area (Å²) in [6.07, 6.45) is 1.23. The zero-order valence-electron chi connectivity index (χ0n) is 10.3. The summed E-state index contributed by atoms with van der Waals surface area (Å²) in [4.78, 5) is 12.6. The maximum Gasteiger partial charge on any atom is 0.225 e. The first-order valence-electron chi connectivity index (χ1n) is 6.14. The summed E-state index contributed by atoms with van der Waals surface area (Å²) in [6, 6.07) is 2.13. The van der Waals surface area contributed by atoms with E-state index in [1.165, 1.54) is 23.3 Å². The van der Waals surface area contributed by atoms with Crippen molar-refractivity contribution in [3.63, 3.8) is 0 Å². The van der Waals surface area contributed by atoms with Crippen LogP contribution in [0.4, 0.5) is 11.8 Å². The number of thioether (sulfide) groups is 1. The number of hydrogen-bond donors (Lipinski definition) is 1. The Morgan fingerprint density at radius 3 is 3.11 bits per heavy atom. The SMILES string of the molecule is CNc1nc(N2CCCSCC2)c2ccsc2n1. The van der Waals surface area contributed by atoms with Gasteiger partial charge in [-0.05, 0) is 23.6 Å². The lowest BCUT2D eigenvalue weighted by atomic mass is 10.3. The van der Waals surface area contributed by atoms with Gasteiger partial charge in [-0.25, -0.2) is 4.98 Å². The molecule has 0 saturated carbocycles. The van der Waals surface area contributed by atoms with Crippen LogP contribution in [-0.2, 0) is 0 Å². The average Bonchev–Trinajstić information content (AvgIpc) is 2.70. The summed E-state index contributed by atoms with van der Waals surface area (Å²) in [7, 11) is 1.87. The van der Waals surface area contributed by atoms with Crippen LogP contribution in [0.5, 0.6) is 0 Å². The van der Waals surface area contributed by atoms with Gasteiger partial charge in [0.15, 0.2) is 0 Å². The number of fused-ring (bicyclic) bond motifs is 1. The molecule has 1 N–H and O–H groups in total. The monoisotopic (exact) mass is 280 g/mol. The molecule has 1 aliphatic heterocycles. The van der Waals surface area contributed by atoms with Gasteiger partial charge in [0.1, 0.15) is 10.6 Å². The van der Waals surface area contributed by atoms with Crippen molar-refractivity contribution in [3.05, 3.63) is 11.4 Å². The lowest BCUT2D eigenvalue weighted by Gasteiger charge is -2.22. The maximum absolute atomic E-state index is 4.66. The second-order valence-corrected chi connectivity index (χ2v) is 6.33. The molecule has 0 spiro atoms. The molecule has 2 aromatic heterocycles. The third-order valence-corrected chi connectivity index (χ3v) is 4.91. The minimum Gasteiger partial charge on any atom is -0.357 e. The van der Waals surface area contributed by atoms with Crippen molar-refractivity contribution in [1.82, 2.24) is 9.97 Å². The molecule has 0 amide bonds. The average molecular weight is 280 g/mol.